The van der Waals surface area contributed by atoms with Crippen LogP contribution in [0.3, 0.4) is 0 Å². The second-order valence-electron chi connectivity index (χ2n) is 3.38. The van der Waals surface area contributed by atoms with Crippen molar-refractivity contribution in [3.8, 4) is 0 Å². The minimum Gasteiger partial charge on any atom is -0.477 e. The van der Waals surface area contributed by atoms with Gasteiger partial charge in [-0.15, -0.1) is 11.3 Å². The van der Waals surface area contributed by atoms with Crippen molar-refractivity contribution in [1.29, 1.82) is 0 Å². The first-order chi connectivity index (χ1) is 8.40. The van der Waals surface area contributed by atoms with Crippen molar-refractivity contribution in [2.45, 2.75) is 11.8 Å². The zero-order chi connectivity index (χ0) is 13.3. The molecule has 2 aromatic heterocycles. The van der Waals surface area contributed by atoms with Gasteiger partial charge < -0.3 is 10.1 Å². The minimum absolute atomic E-state index is 0.0210. The summed E-state index contributed by atoms with van der Waals surface area (Å²) < 4.78 is 26.2. The van der Waals surface area contributed by atoms with Crippen LogP contribution in [-0.2, 0) is 10.0 Å². The normalized spacial score (nSPS) is 11.4. The third kappa shape index (κ3) is 2.36. The van der Waals surface area contributed by atoms with Gasteiger partial charge in [-0.2, -0.15) is 0 Å². The number of carbonyl (C=O) groups is 1. The van der Waals surface area contributed by atoms with E-state index in [1.807, 2.05) is 0 Å². The van der Waals surface area contributed by atoms with Crippen molar-refractivity contribution in [3.05, 3.63) is 28.2 Å². The van der Waals surface area contributed by atoms with E-state index in [1.54, 1.807) is 6.92 Å². The van der Waals surface area contributed by atoms with Crippen LogP contribution in [0, 0.1) is 6.92 Å². The van der Waals surface area contributed by atoms with Crippen molar-refractivity contribution in [1.82, 2.24) is 9.97 Å². The van der Waals surface area contributed by atoms with E-state index < -0.39 is 16.0 Å². The number of nitrogens with one attached hydrogen (secondary N) is 2. The molecule has 2 rings (SSSR count). The summed E-state index contributed by atoms with van der Waals surface area (Å²) >= 11 is 0.913. The molecule has 0 unspecified atom stereocenters. The third-order valence-electron chi connectivity index (χ3n) is 2.10. The molecule has 0 bridgehead atoms. The molecule has 18 heavy (non-hydrogen) atoms. The maximum absolute atomic E-state index is 12.0. The summed E-state index contributed by atoms with van der Waals surface area (Å²) in [5, 5.41) is 8.82. The molecule has 0 aromatic carbocycles. The number of H-pyrrole nitrogens is 1. The van der Waals surface area contributed by atoms with E-state index in [0.717, 1.165) is 17.4 Å². The first-order valence-electron chi connectivity index (χ1n) is 4.76. The van der Waals surface area contributed by atoms with Crippen molar-refractivity contribution in [3.63, 3.8) is 0 Å². The Morgan fingerprint density at radius 3 is 2.78 bits per heavy atom. The lowest BCUT2D eigenvalue weighted by Crippen LogP contribution is -2.14. The van der Waals surface area contributed by atoms with Gasteiger partial charge in [0.25, 0.3) is 10.0 Å². The lowest BCUT2D eigenvalue weighted by Gasteiger charge is -2.03. The van der Waals surface area contributed by atoms with Gasteiger partial charge in [-0.25, -0.2) is 22.9 Å². The Morgan fingerprint density at radius 2 is 2.28 bits per heavy atom. The van der Waals surface area contributed by atoms with Crippen LogP contribution < -0.4 is 4.72 Å². The fourth-order valence-electron chi connectivity index (χ4n) is 1.34. The van der Waals surface area contributed by atoms with Gasteiger partial charge in [-0.3, -0.25) is 0 Å². The fourth-order valence-corrected chi connectivity index (χ4v) is 3.75. The predicted molar refractivity (Wildman–Crippen MR) is 65.4 cm³/mol. The number of thiophene rings is 1. The number of aromatic amines is 1. The predicted octanol–water partition coefficient (Wildman–Crippen LogP) is 1.28. The minimum atomic E-state index is -3.82. The number of carboxylic acids is 1. The van der Waals surface area contributed by atoms with Crippen LogP contribution >= 0.6 is 11.3 Å². The number of carboxylic acid groups (broad SMARTS) is 1. The molecule has 9 heteroatoms. The number of aromatic carboxylic acids is 1. The molecule has 3 N–H and O–H groups in total. The molecule has 0 amide bonds. The number of hydrogen-bond acceptors (Lipinski definition) is 5. The number of sulfonamides is 1. The third-order valence-corrected chi connectivity index (χ3v) is 4.73. The van der Waals surface area contributed by atoms with E-state index in [2.05, 4.69) is 14.7 Å². The van der Waals surface area contributed by atoms with Crippen LogP contribution in [0.5, 0.6) is 0 Å². The maximum atomic E-state index is 12.0. The average molecular weight is 287 g/mol. The summed E-state index contributed by atoms with van der Waals surface area (Å²) in [5.74, 6) is -1.07. The van der Waals surface area contributed by atoms with E-state index in [0.29, 0.717) is 4.88 Å². The molecule has 7 nitrogen and oxygen atoms in total. The summed E-state index contributed by atoms with van der Waals surface area (Å²) in [5.41, 5.74) is 0. The van der Waals surface area contributed by atoms with E-state index in [9.17, 15) is 13.2 Å². The molecule has 0 aliphatic carbocycles. The average Bonchev–Trinajstić information content (AvgIpc) is 2.86. The number of rotatable bonds is 4. The summed E-state index contributed by atoms with van der Waals surface area (Å²) in [6.45, 7) is 1.55. The standard InChI is InChI=1S/C9H9N3O4S2/c1-5-7(4-6(17-5)8(13)14)18(15,16)12-9-10-2-3-11-9/h2-4H,1H3,(H,13,14)(H2,10,11,12). The van der Waals surface area contributed by atoms with Crippen molar-refractivity contribution < 1.29 is 18.3 Å². The van der Waals surface area contributed by atoms with Gasteiger partial charge in [-0.1, -0.05) is 0 Å². The molecule has 0 radical (unpaired) electrons. The number of hydrogen-bond donors (Lipinski definition) is 3. The van der Waals surface area contributed by atoms with Crippen LogP contribution in [0.15, 0.2) is 23.4 Å². The molecule has 2 heterocycles. The summed E-state index contributed by atoms with van der Waals surface area (Å²) in [7, 11) is -3.82. The summed E-state index contributed by atoms with van der Waals surface area (Å²) in [4.78, 5) is 17.5. The highest BCUT2D eigenvalue weighted by Gasteiger charge is 2.22. The van der Waals surface area contributed by atoms with Gasteiger partial charge >= 0.3 is 5.97 Å². The zero-order valence-corrected chi connectivity index (χ0v) is 10.8. The molecule has 0 aliphatic heterocycles. The first kappa shape index (κ1) is 12.6. The Kier molecular flexibility index (Phi) is 3.09. The largest absolute Gasteiger partial charge is 0.477 e. The second kappa shape index (κ2) is 4.42. The Balaban J connectivity index is 2.38. The highest BCUT2D eigenvalue weighted by molar-refractivity contribution is 7.92. The fraction of sp³-hybridized carbons (Fsp3) is 0.111. The van der Waals surface area contributed by atoms with E-state index in [4.69, 9.17) is 5.11 Å². The Labute approximate surface area is 107 Å². The zero-order valence-electron chi connectivity index (χ0n) is 9.17. The number of imidazole rings is 1. The summed E-state index contributed by atoms with van der Waals surface area (Å²) in [6, 6.07) is 1.13. The molecule has 0 aliphatic rings. The van der Waals surface area contributed by atoms with Gasteiger partial charge in [-0.05, 0) is 13.0 Å². The van der Waals surface area contributed by atoms with Crippen molar-refractivity contribution >= 4 is 33.3 Å². The molecule has 0 atom stereocenters. The van der Waals surface area contributed by atoms with Crippen molar-refractivity contribution in [2.75, 3.05) is 4.72 Å². The molecule has 0 fully saturated rings. The van der Waals surface area contributed by atoms with Crippen LogP contribution in [0.2, 0.25) is 0 Å². The Bertz CT molecular complexity index is 673. The van der Waals surface area contributed by atoms with E-state index in [1.165, 1.54) is 12.4 Å². The summed E-state index contributed by atoms with van der Waals surface area (Å²) in [6.07, 6.45) is 2.88. The Hall–Kier alpha value is -1.87. The van der Waals surface area contributed by atoms with Crippen LogP contribution in [-0.4, -0.2) is 29.5 Å². The van der Waals surface area contributed by atoms with Gasteiger partial charge in [0, 0.05) is 17.3 Å². The molecular weight excluding hydrogens is 278 g/mol. The van der Waals surface area contributed by atoms with E-state index in [-0.39, 0.29) is 15.7 Å². The number of anilines is 1. The maximum Gasteiger partial charge on any atom is 0.345 e. The lowest BCUT2D eigenvalue weighted by molar-refractivity contribution is 0.0702. The number of aryl methyl sites for hydroxylation is 1. The van der Waals surface area contributed by atoms with Gasteiger partial charge in [0.15, 0.2) is 0 Å². The smallest absolute Gasteiger partial charge is 0.345 e. The Morgan fingerprint density at radius 1 is 1.56 bits per heavy atom. The monoisotopic (exact) mass is 287 g/mol. The highest BCUT2D eigenvalue weighted by Crippen LogP contribution is 2.26. The van der Waals surface area contributed by atoms with Gasteiger partial charge in [0.1, 0.15) is 9.77 Å². The highest BCUT2D eigenvalue weighted by atomic mass is 32.2. The van der Waals surface area contributed by atoms with Crippen molar-refractivity contribution in [2.24, 2.45) is 0 Å². The van der Waals surface area contributed by atoms with Crippen LogP contribution in [0.25, 0.3) is 0 Å². The molecule has 0 saturated heterocycles. The molecule has 96 valence electrons. The van der Waals surface area contributed by atoms with Gasteiger partial charge in [0.05, 0.1) is 0 Å². The molecule has 2 aromatic rings. The second-order valence-corrected chi connectivity index (χ2v) is 6.29. The van der Waals surface area contributed by atoms with E-state index >= 15 is 0 Å². The first-order valence-corrected chi connectivity index (χ1v) is 7.06. The topological polar surface area (TPSA) is 112 Å². The quantitative estimate of drug-likeness (QED) is 0.784. The number of nitrogens with zero attached hydrogens (tertiary/aromatic N) is 1. The molecule has 0 spiro atoms. The molecular formula is C9H9N3O4S2. The number of aromatic nitrogens is 2. The molecule has 0 saturated carbocycles. The van der Waals surface area contributed by atoms with Crippen LogP contribution in [0.1, 0.15) is 14.5 Å². The SMILES string of the molecule is Cc1sc(C(=O)O)cc1S(=O)(=O)Nc1ncc[nH]1. The lowest BCUT2D eigenvalue weighted by atomic mass is 10.4. The van der Waals surface area contributed by atoms with Gasteiger partial charge in [0.2, 0.25) is 5.95 Å². The van der Waals surface area contributed by atoms with Crippen LogP contribution in [0.4, 0.5) is 5.95 Å².